The number of rotatable bonds is 13. The Morgan fingerprint density at radius 2 is 1.09 bits per heavy atom. The second-order valence-corrected chi connectivity index (χ2v) is 15.7. The molecule has 0 aliphatic rings. The monoisotopic (exact) mass is 526 g/mol. The predicted octanol–water partition coefficient (Wildman–Crippen LogP) is 10.7. The van der Waals surface area contributed by atoms with E-state index in [0.29, 0.717) is 11.8 Å². The molecule has 5 heteroatoms. The minimum absolute atomic E-state index is 0.148. The number of benzene rings is 3. The van der Waals surface area contributed by atoms with Crippen LogP contribution < -0.4 is 9.05 Å². The van der Waals surface area contributed by atoms with Gasteiger partial charge >= 0.3 is 5.69 Å². The van der Waals surface area contributed by atoms with Crippen molar-refractivity contribution in [2.45, 2.75) is 77.4 Å². The molecule has 3 atom stereocenters. The lowest BCUT2D eigenvalue weighted by Gasteiger charge is -2.26. The molecule has 0 spiro atoms. The molecule has 0 aliphatic carbocycles. The van der Waals surface area contributed by atoms with Crippen molar-refractivity contribution in [2.24, 2.45) is 0 Å². The lowest BCUT2D eigenvalue weighted by atomic mass is 9.97. The summed E-state index contributed by atoms with van der Waals surface area (Å²) in [5.41, 5.74) is 1.13. The van der Waals surface area contributed by atoms with Crippen LogP contribution in [0.5, 0.6) is 11.5 Å². The van der Waals surface area contributed by atoms with Crippen molar-refractivity contribution >= 4 is 28.9 Å². The molecule has 0 N–H and O–H groups in total. The van der Waals surface area contributed by atoms with Crippen molar-refractivity contribution in [1.29, 1.82) is 0 Å². The van der Waals surface area contributed by atoms with Gasteiger partial charge in [-0.05, 0) is 95.7 Å². The highest BCUT2D eigenvalue weighted by Crippen LogP contribution is 2.64. The van der Waals surface area contributed by atoms with Crippen LogP contribution in [0, 0.1) is 0 Å². The van der Waals surface area contributed by atoms with Gasteiger partial charge in [0.1, 0.15) is 11.5 Å². The highest BCUT2D eigenvalue weighted by atomic mass is 32.9. The fourth-order valence-corrected chi connectivity index (χ4v) is 9.74. The van der Waals surface area contributed by atoms with Crippen molar-refractivity contribution < 1.29 is 9.05 Å². The molecule has 0 saturated carbocycles. The van der Waals surface area contributed by atoms with E-state index in [0.717, 1.165) is 11.5 Å². The second-order valence-electron chi connectivity index (χ2n) is 9.31. The van der Waals surface area contributed by atoms with E-state index in [1.807, 2.05) is 30.3 Å². The van der Waals surface area contributed by atoms with E-state index in [4.69, 9.17) is 20.9 Å². The lowest BCUT2D eigenvalue weighted by Crippen LogP contribution is -2.01. The summed E-state index contributed by atoms with van der Waals surface area (Å²) in [6.07, 6.45) is 4.72. The third kappa shape index (κ3) is 8.41. The summed E-state index contributed by atoms with van der Waals surface area (Å²) in [5, 5.41) is 0.148. The molecule has 0 radical (unpaired) electrons. The van der Waals surface area contributed by atoms with Gasteiger partial charge in [0.15, 0.2) is 0 Å². The van der Waals surface area contributed by atoms with Crippen LogP contribution in [0.4, 0.5) is 0 Å². The van der Waals surface area contributed by atoms with E-state index >= 15 is 0 Å². The van der Waals surface area contributed by atoms with E-state index < -0.39 is 5.69 Å². The van der Waals surface area contributed by atoms with Crippen LogP contribution in [0.15, 0.2) is 78.9 Å². The van der Waals surface area contributed by atoms with Gasteiger partial charge in [0, 0.05) is 5.25 Å². The minimum Gasteiger partial charge on any atom is -0.428 e. The zero-order valence-corrected chi connectivity index (χ0v) is 24.2. The van der Waals surface area contributed by atoms with Gasteiger partial charge < -0.3 is 9.05 Å². The van der Waals surface area contributed by atoms with Crippen LogP contribution in [0.25, 0.3) is 0 Å². The van der Waals surface area contributed by atoms with Crippen molar-refractivity contribution in [2.75, 3.05) is 0 Å². The van der Waals surface area contributed by atoms with Gasteiger partial charge in [-0.15, -0.1) is 0 Å². The van der Waals surface area contributed by atoms with Gasteiger partial charge in [-0.25, -0.2) is 0 Å². The summed E-state index contributed by atoms with van der Waals surface area (Å²) in [4.78, 5) is 0. The van der Waals surface area contributed by atoms with Gasteiger partial charge in [-0.2, -0.15) is 0 Å². The first-order valence-corrected chi connectivity index (χ1v) is 16.9. The van der Waals surface area contributed by atoms with E-state index in [-0.39, 0.29) is 5.25 Å². The van der Waals surface area contributed by atoms with Crippen LogP contribution in [0.1, 0.15) is 94.1 Å². The van der Waals surface area contributed by atoms with E-state index in [9.17, 15) is 0 Å². The van der Waals surface area contributed by atoms with Crippen LogP contribution in [0.2, 0.25) is 0 Å². The van der Waals surface area contributed by atoms with Crippen LogP contribution >= 0.6 is 17.1 Å². The Labute approximate surface area is 221 Å². The fraction of sp³-hybridized carbons (Fsp3) is 0.400. The molecule has 0 saturated heterocycles. The van der Waals surface area contributed by atoms with Gasteiger partial charge in [-0.1, -0.05) is 95.1 Å². The standard InChI is InChI=1S/C30H39O2PS2/c1-6-11-23(3)26-15-19-29(20-16-26)31-33(34,35-25(5)28-13-9-8-10-14-28)32-30-21-17-27(18-22-30)24(4)12-7-2/h8-10,13-25H,6-7,11-12H2,1-5H3. The largest absolute Gasteiger partial charge is 0.428 e. The first-order valence-electron chi connectivity index (χ1n) is 12.8. The first-order chi connectivity index (χ1) is 16.8. The molecule has 0 heterocycles. The predicted molar refractivity (Wildman–Crippen MR) is 158 cm³/mol. The summed E-state index contributed by atoms with van der Waals surface area (Å²) in [7, 11) is 0. The zero-order chi connectivity index (χ0) is 25.3. The van der Waals surface area contributed by atoms with E-state index in [2.05, 4.69) is 83.1 Å². The third-order valence-corrected chi connectivity index (χ3v) is 11.4. The van der Waals surface area contributed by atoms with Crippen LogP contribution in [0.3, 0.4) is 0 Å². The van der Waals surface area contributed by atoms with Crippen molar-refractivity contribution in [1.82, 2.24) is 0 Å². The molecular formula is C30H39O2PS2. The molecule has 0 bridgehead atoms. The highest BCUT2D eigenvalue weighted by molar-refractivity contribution is 8.68. The van der Waals surface area contributed by atoms with Gasteiger partial charge in [0.05, 0.1) is 0 Å². The van der Waals surface area contributed by atoms with Gasteiger partial charge in [0.2, 0.25) is 0 Å². The summed E-state index contributed by atoms with van der Waals surface area (Å²) in [5.74, 6) is 2.60. The average Bonchev–Trinajstić information content (AvgIpc) is 2.85. The van der Waals surface area contributed by atoms with E-state index in [1.54, 1.807) is 11.4 Å². The molecular weight excluding hydrogens is 487 g/mol. The Balaban J connectivity index is 1.82. The number of hydrogen-bond acceptors (Lipinski definition) is 4. The first kappa shape index (κ1) is 27.8. The van der Waals surface area contributed by atoms with Crippen LogP contribution in [-0.4, -0.2) is 0 Å². The summed E-state index contributed by atoms with van der Waals surface area (Å²) in [6.45, 7) is 11.2. The van der Waals surface area contributed by atoms with Crippen LogP contribution in [-0.2, 0) is 11.8 Å². The molecule has 3 rings (SSSR count). The molecule has 0 aliphatic heterocycles. The topological polar surface area (TPSA) is 18.5 Å². The quantitative estimate of drug-likeness (QED) is 0.206. The Morgan fingerprint density at radius 1 is 0.657 bits per heavy atom. The smallest absolute Gasteiger partial charge is 0.349 e. The molecule has 2 nitrogen and oxygen atoms in total. The second kappa shape index (κ2) is 13.5. The van der Waals surface area contributed by atoms with Crippen molar-refractivity contribution in [3.05, 3.63) is 95.6 Å². The summed E-state index contributed by atoms with van der Waals surface area (Å²) < 4.78 is 13.0. The molecule has 35 heavy (non-hydrogen) atoms. The Kier molecular flexibility index (Phi) is 10.8. The maximum atomic E-state index is 6.48. The normalized spacial score (nSPS) is 15.6. The van der Waals surface area contributed by atoms with Gasteiger partial charge in [0.25, 0.3) is 0 Å². The molecule has 3 aromatic carbocycles. The Bertz CT molecular complexity index is 1010. The van der Waals surface area contributed by atoms with Crippen molar-refractivity contribution in [3.8, 4) is 11.5 Å². The molecule has 3 aromatic rings. The summed E-state index contributed by atoms with van der Waals surface area (Å²) >= 11 is 7.73. The van der Waals surface area contributed by atoms with Gasteiger partial charge in [-0.3, -0.25) is 0 Å². The Morgan fingerprint density at radius 3 is 1.49 bits per heavy atom. The maximum absolute atomic E-state index is 6.48. The highest BCUT2D eigenvalue weighted by Gasteiger charge is 2.28. The number of hydrogen-bond donors (Lipinski definition) is 0. The minimum atomic E-state index is -2.74. The van der Waals surface area contributed by atoms with E-state index in [1.165, 1.54) is 42.4 Å². The summed E-state index contributed by atoms with van der Waals surface area (Å²) in [6, 6.07) is 27.2. The zero-order valence-electron chi connectivity index (χ0n) is 21.6. The fourth-order valence-electron chi connectivity index (χ4n) is 4.21. The average molecular weight is 527 g/mol. The molecule has 188 valence electrons. The maximum Gasteiger partial charge on any atom is 0.349 e. The molecule has 0 amide bonds. The third-order valence-electron chi connectivity index (χ3n) is 6.33. The van der Waals surface area contributed by atoms with Crippen molar-refractivity contribution in [3.63, 3.8) is 0 Å². The SMILES string of the molecule is CCCC(C)c1ccc(OP(=S)(Oc2ccc(C(C)CCC)cc2)SC(C)c2ccccc2)cc1. The molecule has 0 aromatic heterocycles. The Hall–Kier alpha value is -1.74. The molecule has 0 fully saturated rings. The molecule has 3 unspecified atom stereocenters. The lowest BCUT2D eigenvalue weighted by molar-refractivity contribution is 0.505.